The zero-order valence-corrected chi connectivity index (χ0v) is 15.8. The molecule has 1 aromatic heterocycles. The molecule has 2 aromatic carbocycles. The number of halogens is 1. The summed E-state index contributed by atoms with van der Waals surface area (Å²) in [5.74, 6) is 0.382. The molecule has 0 radical (unpaired) electrons. The molecule has 5 heteroatoms. The Balaban J connectivity index is 1.39. The van der Waals surface area contributed by atoms with Crippen LogP contribution in [0.15, 0.2) is 60.9 Å². The molecule has 1 atom stereocenters. The third kappa shape index (κ3) is 4.30. The third-order valence-corrected chi connectivity index (χ3v) is 5.50. The minimum atomic E-state index is -0.198. The van der Waals surface area contributed by atoms with Crippen LogP contribution in [0.3, 0.4) is 0 Å². The van der Waals surface area contributed by atoms with Gasteiger partial charge in [-0.2, -0.15) is 5.10 Å². The van der Waals surface area contributed by atoms with Gasteiger partial charge in [0.25, 0.3) is 5.91 Å². The van der Waals surface area contributed by atoms with Gasteiger partial charge in [-0.3, -0.25) is 9.89 Å². The number of likely N-dealkylation sites (tertiary alicyclic amines) is 1. The molecule has 2 heterocycles. The van der Waals surface area contributed by atoms with Crippen molar-refractivity contribution in [2.75, 3.05) is 13.1 Å². The summed E-state index contributed by atoms with van der Waals surface area (Å²) < 4.78 is 13.1. The van der Waals surface area contributed by atoms with E-state index in [2.05, 4.69) is 10.2 Å². The lowest BCUT2D eigenvalue weighted by Gasteiger charge is -2.33. The van der Waals surface area contributed by atoms with Crippen LogP contribution in [-0.4, -0.2) is 34.1 Å². The van der Waals surface area contributed by atoms with Gasteiger partial charge in [0.05, 0.1) is 6.20 Å². The van der Waals surface area contributed by atoms with E-state index in [4.69, 9.17) is 0 Å². The van der Waals surface area contributed by atoms with Crippen LogP contribution in [0.1, 0.15) is 35.2 Å². The number of hydrogen-bond donors (Lipinski definition) is 1. The molecule has 3 aromatic rings. The maximum absolute atomic E-state index is 13.1. The van der Waals surface area contributed by atoms with Gasteiger partial charge in [0.15, 0.2) is 0 Å². The van der Waals surface area contributed by atoms with E-state index in [9.17, 15) is 9.18 Å². The summed E-state index contributed by atoms with van der Waals surface area (Å²) in [6, 6.07) is 14.5. The van der Waals surface area contributed by atoms with Gasteiger partial charge < -0.3 is 4.90 Å². The van der Waals surface area contributed by atoms with Gasteiger partial charge in [0, 0.05) is 30.4 Å². The van der Waals surface area contributed by atoms with E-state index in [1.165, 1.54) is 12.1 Å². The van der Waals surface area contributed by atoms with E-state index in [1.807, 2.05) is 47.5 Å². The first-order valence-corrected chi connectivity index (χ1v) is 9.82. The number of H-pyrrole nitrogens is 1. The van der Waals surface area contributed by atoms with E-state index in [-0.39, 0.29) is 11.7 Å². The molecule has 0 spiro atoms. The van der Waals surface area contributed by atoms with Crippen LogP contribution >= 0.6 is 0 Å². The zero-order chi connectivity index (χ0) is 19.3. The Morgan fingerprint density at radius 1 is 1.18 bits per heavy atom. The SMILES string of the molecule is O=C(c1cccc(-c2cn[nH]c2)c1)N1CCCC(CCc2ccc(F)cc2)C1. The highest BCUT2D eigenvalue weighted by Crippen LogP contribution is 2.25. The number of nitrogens with zero attached hydrogens (tertiary/aromatic N) is 2. The number of rotatable bonds is 5. The van der Waals surface area contributed by atoms with Crippen LogP contribution in [0.4, 0.5) is 4.39 Å². The Bertz CT molecular complexity index is 921. The Morgan fingerprint density at radius 2 is 2.04 bits per heavy atom. The molecule has 1 saturated heterocycles. The highest BCUT2D eigenvalue weighted by molar-refractivity contribution is 5.95. The summed E-state index contributed by atoms with van der Waals surface area (Å²) in [5, 5.41) is 6.79. The quantitative estimate of drug-likeness (QED) is 0.701. The minimum absolute atomic E-state index is 0.0943. The summed E-state index contributed by atoms with van der Waals surface area (Å²) in [6.07, 6.45) is 7.70. The van der Waals surface area contributed by atoms with Gasteiger partial charge >= 0.3 is 0 Å². The molecule has 4 nitrogen and oxygen atoms in total. The standard InChI is InChI=1S/C23H24FN3O/c24-22-10-8-17(9-11-22)6-7-18-3-2-12-27(16-18)23(28)20-5-1-4-19(13-20)21-14-25-26-15-21/h1,4-5,8-11,13-15,18H,2-3,6-7,12,16H2,(H,25,26). The van der Waals surface area contributed by atoms with Crippen LogP contribution in [0.2, 0.25) is 0 Å². The molecule has 0 bridgehead atoms. The first-order valence-electron chi connectivity index (χ1n) is 9.82. The fraction of sp³-hybridized carbons (Fsp3) is 0.304. The number of amides is 1. The second-order valence-electron chi connectivity index (χ2n) is 7.49. The lowest BCUT2D eigenvalue weighted by Crippen LogP contribution is -2.40. The van der Waals surface area contributed by atoms with Crippen molar-refractivity contribution in [3.05, 3.63) is 77.9 Å². The van der Waals surface area contributed by atoms with E-state index in [0.717, 1.165) is 61.0 Å². The molecule has 144 valence electrons. The monoisotopic (exact) mass is 377 g/mol. The fourth-order valence-electron chi connectivity index (χ4n) is 3.93. The first-order chi connectivity index (χ1) is 13.7. The van der Waals surface area contributed by atoms with Crippen molar-refractivity contribution in [2.45, 2.75) is 25.7 Å². The molecule has 1 aliphatic rings. The summed E-state index contributed by atoms with van der Waals surface area (Å²) in [5.41, 5.74) is 3.84. The summed E-state index contributed by atoms with van der Waals surface area (Å²) in [4.78, 5) is 15.0. The topological polar surface area (TPSA) is 49.0 Å². The average Bonchev–Trinajstić information content (AvgIpc) is 3.28. The second-order valence-corrected chi connectivity index (χ2v) is 7.49. The number of carbonyl (C=O) groups excluding carboxylic acids is 1. The first kappa shape index (κ1) is 18.4. The molecule has 1 N–H and O–H groups in total. The number of nitrogens with one attached hydrogen (secondary N) is 1. The van der Waals surface area contributed by atoms with E-state index in [1.54, 1.807) is 6.20 Å². The molecule has 1 aliphatic heterocycles. The van der Waals surface area contributed by atoms with Gasteiger partial charge in [-0.25, -0.2) is 4.39 Å². The smallest absolute Gasteiger partial charge is 0.253 e. The van der Waals surface area contributed by atoms with Crippen LogP contribution in [0, 0.1) is 11.7 Å². The molecule has 1 fully saturated rings. The summed E-state index contributed by atoms with van der Waals surface area (Å²) in [7, 11) is 0. The largest absolute Gasteiger partial charge is 0.338 e. The van der Waals surface area contributed by atoms with Crippen LogP contribution in [0.5, 0.6) is 0 Å². The Kier molecular flexibility index (Phi) is 5.51. The highest BCUT2D eigenvalue weighted by Gasteiger charge is 2.24. The number of aromatic amines is 1. The third-order valence-electron chi connectivity index (χ3n) is 5.50. The number of aryl methyl sites for hydroxylation is 1. The van der Waals surface area contributed by atoms with E-state index in [0.29, 0.717) is 5.92 Å². The van der Waals surface area contributed by atoms with Crippen LogP contribution in [0.25, 0.3) is 11.1 Å². The number of aromatic nitrogens is 2. The molecule has 4 rings (SSSR count). The number of piperidine rings is 1. The van der Waals surface area contributed by atoms with Crippen molar-refractivity contribution in [3.63, 3.8) is 0 Å². The number of hydrogen-bond acceptors (Lipinski definition) is 2. The summed E-state index contributed by atoms with van der Waals surface area (Å²) >= 11 is 0. The molecule has 0 saturated carbocycles. The van der Waals surface area contributed by atoms with Crippen molar-refractivity contribution >= 4 is 5.91 Å². The van der Waals surface area contributed by atoms with Crippen LogP contribution in [-0.2, 0) is 6.42 Å². The Morgan fingerprint density at radius 3 is 2.82 bits per heavy atom. The van der Waals surface area contributed by atoms with Crippen LogP contribution < -0.4 is 0 Å². The number of benzene rings is 2. The normalized spacial score (nSPS) is 16.9. The van der Waals surface area contributed by atoms with E-state index < -0.39 is 0 Å². The lowest BCUT2D eigenvalue weighted by atomic mass is 9.91. The molecule has 1 amide bonds. The second kappa shape index (κ2) is 8.38. The van der Waals surface area contributed by atoms with Gasteiger partial charge in [-0.15, -0.1) is 0 Å². The summed E-state index contributed by atoms with van der Waals surface area (Å²) in [6.45, 7) is 1.60. The van der Waals surface area contributed by atoms with E-state index >= 15 is 0 Å². The average molecular weight is 377 g/mol. The van der Waals surface area contributed by atoms with Gasteiger partial charge in [0.1, 0.15) is 5.82 Å². The Hall–Kier alpha value is -2.95. The van der Waals surface area contributed by atoms with Crippen molar-refractivity contribution in [1.29, 1.82) is 0 Å². The fourth-order valence-corrected chi connectivity index (χ4v) is 3.93. The van der Waals surface area contributed by atoms with Gasteiger partial charge in [-0.1, -0.05) is 24.3 Å². The predicted molar refractivity (Wildman–Crippen MR) is 107 cm³/mol. The molecular weight excluding hydrogens is 353 g/mol. The minimum Gasteiger partial charge on any atom is -0.338 e. The number of carbonyl (C=O) groups is 1. The van der Waals surface area contributed by atoms with Crippen molar-refractivity contribution in [1.82, 2.24) is 15.1 Å². The van der Waals surface area contributed by atoms with Crippen molar-refractivity contribution < 1.29 is 9.18 Å². The Labute approximate surface area is 164 Å². The maximum Gasteiger partial charge on any atom is 0.253 e. The highest BCUT2D eigenvalue weighted by atomic mass is 19.1. The molecular formula is C23H24FN3O. The maximum atomic E-state index is 13.1. The van der Waals surface area contributed by atoms with Crippen molar-refractivity contribution in [3.8, 4) is 11.1 Å². The molecule has 28 heavy (non-hydrogen) atoms. The molecule has 1 unspecified atom stereocenters. The molecule has 0 aliphatic carbocycles. The predicted octanol–water partition coefficient (Wildman–Crippen LogP) is 4.70. The van der Waals surface area contributed by atoms with Gasteiger partial charge in [-0.05, 0) is 67.0 Å². The lowest BCUT2D eigenvalue weighted by molar-refractivity contribution is 0.0668. The van der Waals surface area contributed by atoms with Crippen molar-refractivity contribution in [2.24, 2.45) is 5.92 Å². The zero-order valence-electron chi connectivity index (χ0n) is 15.8. The van der Waals surface area contributed by atoms with Gasteiger partial charge in [0.2, 0.25) is 0 Å².